The van der Waals surface area contributed by atoms with Crippen LogP contribution in [-0.4, -0.2) is 25.1 Å². The molecule has 5 nitrogen and oxygen atoms in total. The Balaban J connectivity index is 2.03. The van der Waals surface area contributed by atoms with Crippen LogP contribution in [0, 0.1) is 27.7 Å². The van der Waals surface area contributed by atoms with Crippen molar-refractivity contribution in [1.29, 1.82) is 0 Å². The molecule has 0 saturated carbocycles. The summed E-state index contributed by atoms with van der Waals surface area (Å²) in [7, 11) is 0. The minimum Gasteiger partial charge on any atom is -0.259 e. The normalized spacial score (nSPS) is 10.9. The second-order valence-electron chi connectivity index (χ2n) is 5.28. The molecule has 0 fully saturated rings. The molecule has 0 aromatic carbocycles. The van der Waals surface area contributed by atoms with E-state index >= 15 is 0 Å². The maximum absolute atomic E-state index is 4.59. The smallest absolute Gasteiger partial charge is 0.181 e. The Kier molecular flexibility index (Phi) is 3.25. The number of aryl methyl sites for hydroxylation is 4. The zero-order chi connectivity index (χ0) is 15.0. The molecule has 1 N–H and O–H groups in total. The van der Waals surface area contributed by atoms with Gasteiger partial charge in [-0.2, -0.15) is 5.10 Å². The van der Waals surface area contributed by atoms with E-state index in [1.165, 1.54) is 0 Å². The maximum atomic E-state index is 4.59. The first-order valence-corrected chi connectivity index (χ1v) is 6.85. The molecule has 3 rings (SSSR count). The van der Waals surface area contributed by atoms with Crippen LogP contribution >= 0.6 is 0 Å². The highest BCUT2D eigenvalue weighted by atomic mass is 15.2. The average Bonchev–Trinajstić information content (AvgIpc) is 2.85. The van der Waals surface area contributed by atoms with E-state index in [0.717, 1.165) is 39.7 Å². The molecule has 0 spiro atoms. The van der Waals surface area contributed by atoms with E-state index in [1.54, 1.807) is 0 Å². The van der Waals surface area contributed by atoms with Crippen molar-refractivity contribution in [3.63, 3.8) is 0 Å². The van der Waals surface area contributed by atoms with Gasteiger partial charge in [0.2, 0.25) is 0 Å². The topological polar surface area (TPSA) is 67.3 Å². The molecule has 0 saturated heterocycles. The van der Waals surface area contributed by atoms with Gasteiger partial charge >= 0.3 is 0 Å². The largest absolute Gasteiger partial charge is 0.259 e. The number of H-pyrrole nitrogens is 1. The first-order chi connectivity index (χ1) is 10.0. The van der Waals surface area contributed by atoms with E-state index in [-0.39, 0.29) is 0 Å². The van der Waals surface area contributed by atoms with Crippen LogP contribution in [0.25, 0.3) is 22.8 Å². The van der Waals surface area contributed by atoms with Gasteiger partial charge in [0.1, 0.15) is 0 Å². The first kappa shape index (κ1) is 13.4. The van der Waals surface area contributed by atoms with Crippen LogP contribution in [-0.2, 0) is 0 Å². The Morgan fingerprint density at radius 2 is 1.14 bits per heavy atom. The molecule has 0 aliphatic heterocycles. The highest BCUT2D eigenvalue weighted by Crippen LogP contribution is 2.21. The summed E-state index contributed by atoms with van der Waals surface area (Å²) in [6.45, 7) is 7.89. The van der Waals surface area contributed by atoms with Gasteiger partial charge in [-0.15, -0.1) is 0 Å². The zero-order valence-electron chi connectivity index (χ0n) is 12.6. The van der Waals surface area contributed by atoms with Crippen LogP contribution in [0.2, 0.25) is 0 Å². The van der Waals surface area contributed by atoms with Gasteiger partial charge in [0.05, 0.1) is 0 Å². The Morgan fingerprint density at radius 1 is 0.667 bits per heavy atom. The minimum atomic E-state index is 0.686. The molecule has 3 aromatic rings. The molecule has 3 aromatic heterocycles. The summed E-state index contributed by atoms with van der Waals surface area (Å²) >= 11 is 0. The Bertz CT molecular complexity index is 698. The number of hydrogen-bond donors (Lipinski definition) is 1. The lowest BCUT2D eigenvalue weighted by molar-refractivity contribution is 1.08. The fourth-order valence-electron chi connectivity index (χ4n) is 2.45. The number of hydrogen-bond acceptors (Lipinski definition) is 4. The highest BCUT2D eigenvalue weighted by Gasteiger charge is 2.10. The van der Waals surface area contributed by atoms with Gasteiger partial charge in [-0.1, -0.05) is 0 Å². The molecule has 0 unspecified atom stereocenters. The Labute approximate surface area is 123 Å². The number of aromatic nitrogens is 5. The molecule has 0 amide bonds. The van der Waals surface area contributed by atoms with Crippen molar-refractivity contribution in [2.75, 3.05) is 0 Å². The fourth-order valence-corrected chi connectivity index (χ4v) is 2.45. The van der Waals surface area contributed by atoms with E-state index in [0.29, 0.717) is 5.82 Å². The number of nitrogens with zero attached hydrogens (tertiary/aromatic N) is 4. The van der Waals surface area contributed by atoms with Gasteiger partial charge in [-0.3, -0.25) is 15.1 Å². The van der Waals surface area contributed by atoms with Gasteiger partial charge < -0.3 is 0 Å². The predicted octanol–water partition coefficient (Wildman–Crippen LogP) is 3.16. The molecule has 0 radical (unpaired) electrons. The lowest BCUT2D eigenvalue weighted by Gasteiger charge is -2.01. The Morgan fingerprint density at radius 3 is 1.67 bits per heavy atom. The number of pyridine rings is 2. The van der Waals surface area contributed by atoms with Crippen molar-refractivity contribution in [3.8, 4) is 22.8 Å². The van der Waals surface area contributed by atoms with Gasteiger partial charge in [0.15, 0.2) is 11.6 Å². The van der Waals surface area contributed by atoms with Crippen LogP contribution in [0.5, 0.6) is 0 Å². The lowest BCUT2D eigenvalue weighted by atomic mass is 10.2. The van der Waals surface area contributed by atoms with Crippen LogP contribution < -0.4 is 0 Å². The van der Waals surface area contributed by atoms with Crippen molar-refractivity contribution in [2.24, 2.45) is 0 Å². The summed E-state index contributed by atoms with van der Waals surface area (Å²) < 4.78 is 0. The SMILES string of the molecule is Cc1cc(-c2n[nH]c(-c3cc(C)nc(C)c3)n2)cc(C)n1. The van der Waals surface area contributed by atoms with E-state index < -0.39 is 0 Å². The summed E-state index contributed by atoms with van der Waals surface area (Å²) in [6.07, 6.45) is 0. The van der Waals surface area contributed by atoms with Crippen molar-refractivity contribution in [2.45, 2.75) is 27.7 Å². The van der Waals surface area contributed by atoms with Gasteiger partial charge in [0.25, 0.3) is 0 Å². The van der Waals surface area contributed by atoms with E-state index in [1.807, 2.05) is 52.0 Å². The second-order valence-corrected chi connectivity index (χ2v) is 5.28. The van der Waals surface area contributed by atoms with Gasteiger partial charge in [0, 0.05) is 33.9 Å². The molecule has 0 atom stereocenters. The lowest BCUT2D eigenvalue weighted by Crippen LogP contribution is -1.90. The van der Waals surface area contributed by atoms with Crippen molar-refractivity contribution in [1.82, 2.24) is 25.1 Å². The summed E-state index contributed by atoms with van der Waals surface area (Å²) in [5.41, 5.74) is 5.85. The van der Waals surface area contributed by atoms with Crippen LogP contribution in [0.15, 0.2) is 24.3 Å². The van der Waals surface area contributed by atoms with Crippen LogP contribution in [0.4, 0.5) is 0 Å². The third-order valence-electron chi connectivity index (χ3n) is 3.18. The molecular formula is C16H17N5. The predicted molar refractivity (Wildman–Crippen MR) is 81.8 cm³/mol. The molecule has 3 heterocycles. The molecule has 0 aliphatic carbocycles. The molecule has 106 valence electrons. The van der Waals surface area contributed by atoms with Gasteiger partial charge in [-0.05, 0) is 52.0 Å². The first-order valence-electron chi connectivity index (χ1n) is 6.85. The van der Waals surface area contributed by atoms with Crippen molar-refractivity contribution >= 4 is 0 Å². The molecule has 5 heteroatoms. The van der Waals surface area contributed by atoms with Crippen molar-refractivity contribution < 1.29 is 0 Å². The molecule has 0 bridgehead atoms. The zero-order valence-corrected chi connectivity index (χ0v) is 12.6. The number of nitrogens with one attached hydrogen (secondary N) is 1. The van der Waals surface area contributed by atoms with Crippen LogP contribution in [0.3, 0.4) is 0 Å². The second kappa shape index (κ2) is 5.09. The third kappa shape index (κ3) is 2.81. The number of rotatable bonds is 2. The molecule has 21 heavy (non-hydrogen) atoms. The molecule has 0 aliphatic rings. The Hall–Kier alpha value is -2.56. The van der Waals surface area contributed by atoms with E-state index in [2.05, 4.69) is 25.1 Å². The van der Waals surface area contributed by atoms with Gasteiger partial charge in [-0.25, -0.2) is 4.98 Å². The summed E-state index contributed by atoms with van der Waals surface area (Å²) in [6, 6.07) is 7.98. The van der Waals surface area contributed by atoms with E-state index in [4.69, 9.17) is 0 Å². The maximum Gasteiger partial charge on any atom is 0.181 e. The minimum absolute atomic E-state index is 0.686. The highest BCUT2D eigenvalue weighted by molar-refractivity contribution is 5.62. The third-order valence-corrected chi connectivity index (χ3v) is 3.18. The van der Waals surface area contributed by atoms with Crippen LogP contribution in [0.1, 0.15) is 22.8 Å². The summed E-state index contributed by atoms with van der Waals surface area (Å²) in [5.74, 6) is 1.44. The fraction of sp³-hybridized carbons (Fsp3) is 0.250. The average molecular weight is 279 g/mol. The monoisotopic (exact) mass is 279 g/mol. The standard InChI is InChI=1S/C16H17N5/c1-9-5-13(6-10(2)17-9)15-19-16(21-20-15)14-7-11(3)18-12(4)8-14/h5-8H,1-4H3,(H,19,20,21). The summed E-state index contributed by atoms with van der Waals surface area (Å²) in [4.78, 5) is 13.3. The molecular weight excluding hydrogens is 262 g/mol. The quantitative estimate of drug-likeness (QED) is 0.782. The summed E-state index contributed by atoms with van der Waals surface area (Å²) in [5, 5.41) is 7.32. The number of aromatic amines is 1. The van der Waals surface area contributed by atoms with E-state index in [9.17, 15) is 0 Å². The van der Waals surface area contributed by atoms with Crippen molar-refractivity contribution in [3.05, 3.63) is 47.0 Å².